The third kappa shape index (κ3) is 4.19. The quantitative estimate of drug-likeness (QED) is 0.592. The molecule has 1 rings (SSSR count). The molecule has 0 unspecified atom stereocenters. The van der Waals surface area contributed by atoms with Gasteiger partial charge >= 0.3 is 0 Å². The van der Waals surface area contributed by atoms with Gasteiger partial charge in [0.1, 0.15) is 5.67 Å². The van der Waals surface area contributed by atoms with Crippen molar-refractivity contribution < 1.29 is 4.39 Å². The molecule has 0 saturated carbocycles. The first-order chi connectivity index (χ1) is 9.29. The molecule has 1 aromatic carbocycles. The average molecular weight is 272 g/mol. The number of alkyl halides is 1. The number of allylic oxidation sites excluding steroid dienone is 5. The summed E-state index contributed by atoms with van der Waals surface area (Å²) < 4.78 is 13.9. The first-order valence-electron chi connectivity index (χ1n) is 7.10. The topological polar surface area (TPSA) is 0 Å². The van der Waals surface area contributed by atoms with Gasteiger partial charge in [-0.1, -0.05) is 49.9 Å². The fraction of sp³-hybridized carbons (Fsp3) is 0.368. The first-order valence-corrected chi connectivity index (χ1v) is 7.10. The first kappa shape index (κ1) is 16.4. The van der Waals surface area contributed by atoms with Gasteiger partial charge in [0.2, 0.25) is 0 Å². The molecular weight excluding hydrogens is 247 g/mol. The maximum absolute atomic E-state index is 13.9. The molecule has 20 heavy (non-hydrogen) atoms. The molecule has 0 nitrogen and oxygen atoms in total. The monoisotopic (exact) mass is 272 g/mol. The van der Waals surface area contributed by atoms with Crippen molar-refractivity contribution in [1.82, 2.24) is 0 Å². The highest BCUT2D eigenvalue weighted by Gasteiger charge is 2.18. The molecule has 0 aliphatic heterocycles. The number of rotatable bonds is 5. The fourth-order valence-corrected chi connectivity index (χ4v) is 2.13. The van der Waals surface area contributed by atoms with E-state index >= 15 is 0 Å². The fourth-order valence-electron chi connectivity index (χ4n) is 2.13. The predicted molar refractivity (Wildman–Crippen MR) is 87.7 cm³/mol. The molecule has 0 fully saturated rings. The van der Waals surface area contributed by atoms with E-state index in [1.54, 1.807) is 19.9 Å². The van der Waals surface area contributed by atoms with Crippen LogP contribution in [0.3, 0.4) is 0 Å². The largest absolute Gasteiger partial charge is 0.239 e. The minimum atomic E-state index is -1.36. The van der Waals surface area contributed by atoms with Crippen molar-refractivity contribution in [3.63, 3.8) is 0 Å². The Morgan fingerprint density at radius 2 is 1.95 bits per heavy atom. The molecular formula is C19H25F. The number of halogens is 1. The van der Waals surface area contributed by atoms with Gasteiger partial charge in [-0.05, 0) is 62.0 Å². The minimum absolute atomic E-state index is 0.598. The number of aryl methyl sites for hydroxylation is 2. The van der Waals surface area contributed by atoms with Crippen LogP contribution in [-0.4, -0.2) is 5.67 Å². The minimum Gasteiger partial charge on any atom is -0.239 e. The summed E-state index contributed by atoms with van der Waals surface area (Å²) >= 11 is 0. The van der Waals surface area contributed by atoms with Crippen LogP contribution in [-0.2, 0) is 6.42 Å². The highest BCUT2D eigenvalue weighted by atomic mass is 19.1. The van der Waals surface area contributed by atoms with Crippen LogP contribution in [0.1, 0.15) is 44.4 Å². The second-order valence-corrected chi connectivity index (χ2v) is 5.65. The molecule has 0 saturated heterocycles. The molecule has 1 aromatic rings. The van der Waals surface area contributed by atoms with Crippen LogP contribution in [0.2, 0.25) is 0 Å². The van der Waals surface area contributed by atoms with Crippen LogP contribution in [0.15, 0.2) is 48.6 Å². The van der Waals surface area contributed by atoms with Crippen LogP contribution in [0, 0.1) is 6.92 Å². The van der Waals surface area contributed by atoms with Crippen molar-refractivity contribution in [3.8, 4) is 0 Å². The Labute approximate surface area is 122 Å². The highest BCUT2D eigenvalue weighted by molar-refractivity contribution is 5.68. The summed E-state index contributed by atoms with van der Waals surface area (Å²) in [6.45, 7) is 13.1. The molecule has 0 bridgehead atoms. The zero-order valence-electron chi connectivity index (χ0n) is 13.3. The predicted octanol–water partition coefficient (Wildman–Crippen LogP) is 5.82. The van der Waals surface area contributed by atoms with E-state index in [2.05, 4.69) is 45.5 Å². The molecule has 0 N–H and O–H groups in total. The Morgan fingerprint density at radius 1 is 1.30 bits per heavy atom. The zero-order valence-corrected chi connectivity index (χ0v) is 13.3. The van der Waals surface area contributed by atoms with Crippen LogP contribution in [0.4, 0.5) is 4.39 Å². The van der Waals surface area contributed by atoms with Gasteiger partial charge in [-0.3, -0.25) is 0 Å². The van der Waals surface area contributed by atoms with Gasteiger partial charge in [0, 0.05) is 0 Å². The molecule has 0 atom stereocenters. The summed E-state index contributed by atoms with van der Waals surface area (Å²) in [6.07, 6.45) is 6.39. The van der Waals surface area contributed by atoms with Crippen molar-refractivity contribution in [2.75, 3.05) is 0 Å². The lowest BCUT2D eigenvalue weighted by Gasteiger charge is -2.15. The highest BCUT2D eigenvalue weighted by Crippen LogP contribution is 2.24. The van der Waals surface area contributed by atoms with E-state index < -0.39 is 5.67 Å². The van der Waals surface area contributed by atoms with E-state index in [1.807, 2.05) is 12.2 Å². The van der Waals surface area contributed by atoms with Gasteiger partial charge in [-0.25, -0.2) is 4.39 Å². The Morgan fingerprint density at radius 3 is 2.45 bits per heavy atom. The van der Waals surface area contributed by atoms with E-state index in [0.29, 0.717) is 5.57 Å². The molecule has 0 radical (unpaired) electrons. The second kappa shape index (κ2) is 6.69. The van der Waals surface area contributed by atoms with Gasteiger partial charge in [0.05, 0.1) is 0 Å². The summed E-state index contributed by atoms with van der Waals surface area (Å²) in [5, 5.41) is 0. The zero-order chi connectivity index (χ0) is 15.3. The summed E-state index contributed by atoms with van der Waals surface area (Å²) in [5.74, 6) is 0. The molecule has 1 heteroatoms. The molecule has 0 spiro atoms. The van der Waals surface area contributed by atoms with Crippen molar-refractivity contribution in [2.45, 2.75) is 46.7 Å². The van der Waals surface area contributed by atoms with Gasteiger partial charge in [-0.2, -0.15) is 0 Å². The smallest absolute Gasteiger partial charge is 0.130 e. The Hall–Kier alpha value is -1.63. The van der Waals surface area contributed by atoms with E-state index in [9.17, 15) is 4.39 Å². The summed E-state index contributed by atoms with van der Waals surface area (Å²) in [4.78, 5) is 0. The van der Waals surface area contributed by atoms with Gasteiger partial charge < -0.3 is 0 Å². The van der Waals surface area contributed by atoms with Crippen molar-refractivity contribution >= 4 is 5.57 Å². The van der Waals surface area contributed by atoms with E-state index in [1.165, 1.54) is 16.7 Å². The SMILES string of the molecule is C=C/C(=C\C=C(/C)c1cc(CC)ccc1C)C(C)(C)F. The Kier molecular flexibility index (Phi) is 5.50. The normalized spacial score (nSPS) is 13.5. The number of hydrogen-bond donors (Lipinski definition) is 0. The van der Waals surface area contributed by atoms with Crippen LogP contribution >= 0.6 is 0 Å². The maximum Gasteiger partial charge on any atom is 0.130 e. The van der Waals surface area contributed by atoms with Gasteiger partial charge in [0.25, 0.3) is 0 Å². The summed E-state index contributed by atoms with van der Waals surface area (Å²) in [5.41, 5.74) is 4.16. The average Bonchev–Trinajstić information content (AvgIpc) is 2.38. The van der Waals surface area contributed by atoms with Crippen LogP contribution in [0.5, 0.6) is 0 Å². The second-order valence-electron chi connectivity index (χ2n) is 5.65. The molecule has 0 aliphatic carbocycles. The standard InChI is InChI=1S/C19H25F/c1-7-16-11-9-14(3)18(13-16)15(4)10-12-17(8-2)19(5,6)20/h8-13H,2,7H2,1,3-6H3/b15-10+,17-12+. The maximum atomic E-state index is 13.9. The Balaban J connectivity index is 3.17. The van der Waals surface area contributed by atoms with E-state index in [0.717, 1.165) is 12.0 Å². The number of hydrogen-bond acceptors (Lipinski definition) is 0. The van der Waals surface area contributed by atoms with Gasteiger partial charge in [-0.15, -0.1) is 0 Å². The van der Waals surface area contributed by atoms with Crippen LogP contribution in [0.25, 0.3) is 5.57 Å². The third-order valence-corrected chi connectivity index (χ3v) is 3.55. The van der Waals surface area contributed by atoms with Crippen LogP contribution < -0.4 is 0 Å². The van der Waals surface area contributed by atoms with Crippen molar-refractivity contribution in [1.29, 1.82) is 0 Å². The summed E-state index contributed by atoms with van der Waals surface area (Å²) in [6, 6.07) is 6.51. The van der Waals surface area contributed by atoms with E-state index in [-0.39, 0.29) is 0 Å². The number of benzene rings is 1. The molecule has 0 aliphatic rings. The van der Waals surface area contributed by atoms with Crippen molar-refractivity contribution in [2.24, 2.45) is 0 Å². The van der Waals surface area contributed by atoms with Gasteiger partial charge in [0.15, 0.2) is 0 Å². The lowest BCUT2D eigenvalue weighted by atomic mass is 9.96. The lowest BCUT2D eigenvalue weighted by molar-refractivity contribution is 0.274. The molecule has 0 amide bonds. The molecule has 108 valence electrons. The summed E-state index contributed by atoms with van der Waals surface area (Å²) in [7, 11) is 0. The third-order valence-electron chi connectivity index (χ3n) is 3.55. The Bertz CT molecular complexity index is 539. The van der Waals surface area contributed by atoms with Crippen molar-refractivity contribution in [3.05, 3.63) is 65.3 Å². The molecule has 0 heterocycles. The van der Waals surface area contributed by atoms with E-state index in [4.69, 9.17) is 0 Å². The molecule has 0 aromatic heterocycles. The lowest BCUT2D eigenvalue weighted by Crippen LogP contribution is -2.13.